The molecule has 0 N–H and O–H groups in total. The first kappa shape index (κ1) is 18.1. The van der Waals surface area contributed by atoms with Crippen LogP contribution in [0.3, 0.4) is 0 Å². The lowest BCUT2D eigenvalue weighted by molar-refractivity contribution is 0.181. The summed E-state index contributed by atoms with van der Waals surface area (Å²) in [4.78, 5) is 2.30. The Balaban J connectivity index is 1.57. The summed E-state index contributed by atoms with van der Waals surface area (Å²) in [5.74, 6) is 0.0796. The molecule has 25 heavy (non-hydrogen) atoms. The Bertz CT molecular complexity index is 794. The van der Waals surface area contributed by atoms with Crippen molar-refractivity contribution in [2.45, 2.75) is 32.7 Å². The van der Waals surface area contributed by atoms with Crippen LogP contribution >= 0.6 is 0 Å². The summed E-state index contributed by atoms with van der Waals surface area (Å²) in [6, 6.07) is 9.38. The van der Waals surface area contributed by atoms with Crippen molar-refractivity contribution < 1.29 is 8.42 Å². The van der Waals surface area contributed by atoms with E-state index in [0.29, 0.717) is 13.1 Å². The molecule has 0 bridgehead atoms. The van der Waals surface area contributed by atoms with Gasteiger partial charge in [0.15, 0.2) is 0 Å². The molecule has 1 saturated heterocycles. The number of aryl methyl sites for hydroxylation is 1. The van der Waals surface area contributed by atoms with Gasteiger partial charge in [0.05, 0.1) is 11.9 Å². The predicted octanol–water partition coefficient (Wildman–Crippen LogP) is 1.86. The summed E-state index contributed by atoms with van der Waals surface area (Å²) in [6.07, 6.45) is 1.93. The molecular formula is C18H26N4O2S. The van der Waals surface area contributed by atoms with Crippen molar-refractivity contribution in [3.63, 3.8) is 0 Å². The van der Waals surface area contributed by atoms with Crippen LogP contribution < -0.4 is 0 Å². The molecule has 0 unspecified atom stereocenters. The van der Waals surface area contributed by atoms with E-state index < -0.39 is 10.0 Å². The fourth-order valence-corrected chi connectivity index (χ4v) is 4.76. The van der Waals surface area contributed by atoms with Gasteiger partial charge < -0.3 is 0 Å². The van der Waals surface area contributed by atoms with Gasteiger partial charge in [-0.2, -0.15) is 9.40 Å². The molecule has 0 radical (unpaired) electrons. The number of piperazine rings is 1. The number of nitrogens with zero attached hydrogens (tertiary/aromatic N) is 4. The highest BCUT2D eigenvalue weighted by Crippen LogP contribution is 2.16. The molecule has 0 spiro atoms. The van der Waals surface area contributed by atoms with Gasteiger partial charge in [-0.3, -0.25) is 9.58 Å². The molecule has 6 nitrogen and oxygen atoms in total. The lowest BCUT2D eigenvalue weighted by atomic mass is 10.2. The lowest BCUT2D eigenvalue weighted by Gasteiger charge is -2.34. The third-order valence-corrected chi connectivity index (χ3v) is 6.66. The summed E-state index contributed by atoms with van der Waals surface area (Å²) in [7, 11) is -3.25. The minimum Gasteiger partial charge on any atom is -0.296 e. The predicted molar refractivity (Wildman–Crippen MR) is 98.6 cm³/mol. The second-order valence-electron chi connectivity index (χ2n) is 6.49. The van der Waals surface area contributed by atoms with Gasteiger partial charge in [0, 0.05) is 50.5 Å². The molecule has 136 valence electrons. The van der Waals surface area contributed by atoms with Gasteiger partial charge in [0.25, 0.3) is 0 Å². The smallest absolute Gasteiger partial charge is 0.218 e. The van der Waals surface area contributed by atoms with Crippen LogP contribution in [0.2, 0.25) is 0 Å². The molecule has 0 atom stereocenters. The number of benzene rings is 1. The number of sulfonamides is 1. The van der Waals surface area contributed by atoms with Crippen molar-refractivity contribution in [2.75, 3.05) is 26.2 Å². The first-order chi connectivity index (χ1) is 12.0. The monoisotopic (exact) mass is 362 g/mol. The van der Waals surface area contributed by atoms with Crippen molar-refractivity contribution in [1.82, 2.24) is 19.0 Å². The first-order valence-electron chi connectivity index (χ1n) is 8.75. The molecule has 7 heteroatoms. The molecule has 1 fully saturated rings. The summed E-state index contributed by atoms with van der Waals surface area (Å²) in [5.41, 5.74) is 3.26. The van der Waals surface area contributed by atoms with Crippen molar-refractivity contribution in [2.24, 2.45) is 0 Å². The molecule has 2 heterocycles. The Labute approximate surface area is 150 Å². The number of rotatable bonds is 6. The fourth-order valence-electron chi connectivity index (χ4n) is 3.24. The van der Waals surface area contributed by atoms with Crippen LogP contribution in [0.4, 0.5) is 0 Å². The van der Waals surface area contributed by atoms with Gasteiger partial charge in [-0.25, -0.2) is 8.42 Å². The number of aromatic nitrogens is 2. The summed E-state index contributed by atoms with van der Waals surface area (Å²) in [6.45, 7) is 8.49. The van der Waals surface area contributed by atoms with Gasteiger partial charge in [0.2, 0.25) is 10.0 Å². The zero-order valence-corrected chi connectivity index (χ0v) is 15.7. The highest BCUT2D eigenvalue weighted by atomic mass is 32.2. The normalized spacial score (nSPS) is 17.0. The van der Waals surface area contributed by atoms with Gasteiger partial charge in [-0.1, -0.05) is 30.3 Å². The van der Waals surface area contributed by atoms with Gasteiger partial charge in [-0.05, 0) is 19.4 Å². The topological polar surface area (TPSA) is 58.4 Å². The van der Waals surface area contributed by atoms with E-state index in [1.807, 2.05) is 41.2 Å². The molecule has 1 aliphatic rings. The van der Waals surface area contributed by atoms with Crippen LogP contribution in [-0.4, -0.2) is 53.6 Å². The van der Waals surface area contributed by atoms with Gasteiger partial charge in [0.1, 0.15) is 0 Å². The number of hydrogen-bond acceptors (Lipinski definition) is 4. The standard InChI is InChI=1S/C18H26N4O2S/c1-3-22-16(2)18(13-19-22)14-20-9-11-21(12-10-20)25(23,24)15-17-7-5-4-6-8-17/h4-8,13H,3,9-12,14-15H2,1-2H3. The third-order valence-electron chi connectivity index (χ3n) is 4.81. The SMILES string of the molecule is CCn1ncc(CN2CCN(S(=O)(=O)Cc3ccccc3)CC2)c1C. The maximum Gasteiger partial charge on any atom is 0.218 e. The second-order valence-corrected chi connectivity index (χ2v) is 8.46. The lowest BCUT2D eigenvalue weighted by Crippen LogP contribution is -2.48. The van der Waals surface area contributed by atoms with Crippen LogP contribution in [0.5, 0.6) is 0 Å². The van der Waals surface area contributed by atoms with Crippen molar-refractivity contribution >= 4 is 10.0 Å². The molecule has 3 rings (SSSR count). The van der Waals surface area contributed by atoms with Crippen LogP contribution in [-0.2, 0) is 28.9 Å². The average Bonchev–Trinajstić information content (AvgIpc) is 2.96. The Kier molecular flexibility index (Phi) is 5.56. The van der Waals surface area contributed by atoms with Crippen molar-refractivity contribution in [3.8, 4) is 0 Å². The van der Waals surface area contributed by atoms with Crippen molar-refractivity contribution in [3.05, 3.63) is 53.3 Å². The van der Waals surface area contributed by atoms with Gasteiger partial charge >= 0.3 is 0 Å². The summed E-state index contributed by atoms with van der Waals surface area (Å²) >= 11 is 0. The Morgan fingerprint density at radius 3 is 2.36 bits per heavy atom. The molecule has 0 amide bonds. The van der Waals surface area contributed by atoms with Crippen molar-refractivity contribution in [1.29, 1.82) is 0 Å². The van der Waals surface area contributed by atoms with E-state index in [9.17, 15) is 8.42 Å². The molecule has 1 aliphatic heterocycles. The Morgan fingerprint density at radius 2 is 1.76 bits per heavy atom. The van der Waals surface area contributed by atoms with E-state index in [1.54, 1.807) is 4.31 Å². The fraction of sp³-hybridized carbons (Fsp3) is 0.500. The van der Waals surface area contributed by atoms with Crippen LogP contribution in [0, 0.1) is 6.92 Å². The molecule has 1 aromatic heterocycles. The maximum absolute atomic E-state index is 12.6. The average molecular weight is 362 g/mol. The molecule has 1 aromatic carbocycles. The van der Waals surface area contributed by atoms with Gasteiger partial charge in [-0.15, -0.1) is 0 Å². The minimum absolute atomic E-state index is 0.0796. The van der Waals surface area contributed by atoms with E-state index >= 15 is 0 Å². The Hall–Kier alpha value is -1.70. The van der Waals surface area contributed by atoms with E-state index in [0.717, 1.165) is 31.7 Å². The largest absolute Gasteiger partial charge is 0.296 e. The van der Waals surface area contributed by atoms with Crippen LogP contribution in [0.1, 0.15) is 23.7 Å². The minimum atomic E-state index is -3.25. The first-order valence-corrected chi connectivity index (χ1v) is 10.4. The number of hydrogen-bond donors (Lipinski definition) is 0. The van der Waals surface area contributed by atoms with E-state index in [1.165, 1.54) is 11.3 Å². The highest BCUT2D eigenvalue weighted by Gasteiger charge is 2.27. The van der Waals surface area contributed by atoms with E-state index in [-0.39, 0.29) is 5.75 Å². The summed E-state index contributed by atoms with van der Waals surface area (Å²) < 4.78 is 28.8. The van der Waals surface area contributed by atoms with E-state index in [4.69, 9.17) is 0 Å². The summed E-state index contributed by atoms with van der Waals surface area (Å²) in [5, 5.41) is 4.38. The van der Waals surface area contributed by atoms with E-state index in [2.05, 4.69) is 23.8 Å². The third kappa shape index (κ3) is 4.29. The van der Waals surface area contributed by atoms with Crippen LogP contribution in [0.15, 0.2) is 36.5 Å². The van der Waals surface area contributed by atoms with Crippen LogP contribution in [0.25, 0.3) is 0 Å². The molecular weight excluding hydrogens is 336 g/mol. The maximum atomic E-state index is 12.6. The second kappa shape index (κ2) is 7.68. The Morgan fingerprint density at radius 1 is 1.08 bits per heavy atom. The molecule has 2 aromatic rings. The zero-order chi connectivity index (χ0) is 17.9. The quantitative estimate of drug-likeness (QED) is 0.787. The highest BCUT2D eigenvalue weighted by molar-refractivity contribution is 7.88. The molecule has 0 aliphatic carbocycles. The zero-order valence-electron chi connectivity index (χ0n) is 14.9. The molecule has 0 saturated carbocycles.